The first-order valence-electron chi connectivity index (χ1n) is 9.27. The fourth-order valence-electron chi connectivity index (χ4n) is 3.10. The highest BCUT2D eigenvalue weighted by molar-refractivity contribution is 7.21. The molecule has 0 bridgehead atoms. The molecule has 6 nitrogen and oxygen atoms in total. The van der Waals surface area contributed by atoms with Crippen LogP contribution in [0.2, 0.25) is 0 Å². The van der Waals surface area contributed by atoms with Crippen LogP contribution in [0.15, 0.2) is 76.6 Å². The van der Waals surface area contributed by atoms with Crippen molar-refractivity contribution >= 4 is 32.5 Å². The third-order valence-electron chi connectivity index (χ3n) is 4.37. The Morgan fingerprint density at radius 1 is 0.931 bits per heavy atom. The van der Waals surface area contributed by atoms with Crippen molar-refractivity contribution < 1.29 is 0 Å². The Morgan fingerprint density at radius 3 is 2.45 bits per heavy atom. The lowest BCUT2D eigenvalue weighted by Crippen LogP contribution is -2.33. The second kappa shape index (κ2) is 7.81. The van der Waals surface area contributed by atoms with Gasteiger partial charge in [-0.05, 0) is 0 Å². The second-order valence-corrected chi connectivity index (χ2v) is 7.01. The monoisotopic (exact) mass is 402 g/mol. The Bertz CT molecular complexity index is 1410. The third-order valence-corrected chi connectivity index (χ3v) is 5.39. The highest BCUT2D eigenvalue weighted by Gasteiger charge is 2.16. The Labute approximate surface area is 170 Å². The van der Waals surface area contributed by atoms with Crippen LogP contribution in [0.4, 0.5) is 0 Å². The van der Waals surface area contributed by atoms with E-state index >= 15 is 0 Å². The molecule has 0 unspecified atom stereocenters. The molecule has 0 atom stereocenters. The first-order valence-corrected chi connectivity index (χ1v) is 10.1. The summed E-state index contributed by atoms with van der Waals surface area (Å²) in [6, 6.07) is 17.1. The maximum absolute atomic E-state index is 13.1. The van der Waals surface area contributed by atoms with E-state index in [9.17, 15) is 9.59 Å². The minimum Gasteiger partial charge on any atom is -0.296 e. The largest absolute Gasteiger partial charge is 0.334 e. The number of benzene rings is 2. The summed E-state index contributed by atoms with van der Waals surface area (Å²) in [6.07, 6.45) is 3.22. The molecule has 1 N–H and O–H groups in total. The van der Waals surface area contributed by atoms with Gasteiger partial charge in [0, 0.05) is 22.5 Å². The highest BCUT2D eigenvalue weighted by atomic mass is 32.1. The van der Waals surface area contributed by atoms with Gasteiger partial charge in [-0.2, -0.15) is 0 Å². The first kappa shape index (κ1) is 18.8. The summed E-state index contributed by atoms with van der Waals surface area (Å²) in [5, 5.41) is 2.31. The summed E-state index contributed by atoms with van der Waals surface area (Å²) < 4.78 is 1.10. The lowest BCUT2D eigenvalue weighted by Gasteiger charge is -2.07. The molecule has 5 aromatic rings. The van der Waals surface area contributed by atoms with Crippen molar-refractivity contribution in [3.8, 4) is 16.3 Å². The molecular weight excluding hydrogens is 384 g/mol. The number of hydrogen-bond acceptors (Lipinski definition) is 5. The zero-order chi connectivity index (χ0) is 20.4. The summed E-state index contributed by atoms with van der Waals surface area (Å²) in [5.41, 5.74) is 0.624. The molecule has 0 aliphatic rings. The predicted octanol–water partition coefficient (Wildman–Crippen LogP) is 4.38. The molecule has 0 fully saturated rings. The summed E-state index contributed by atoms with van der Waals surface area (Å²) in [5.74, 6) is 0. The molecule has 2 aromatic carbocycles. The van der Waals surface area contributed by atoms with E-state index in [4.69, 9.17) is 0 Å². The van der Waals surface area contributed by atoms with Crippen LogP contribution in [-0.4, -0.2) is 19.5 Å². The third kappa shape index (κ3) is 3.25. The number of H-pyrrole nitrogens is 1. The van der Waals surface area contributed by atoms with Gasteiger partial charge in [0.2, 0.25) is 0 Å². The van der Waals surface area contributed by atoms with Gasteiger partial charge in [-0.3, -0.25) is 14.8 Å². The maximum Gasteiger partial charge on any atom is 0.334 e. The number of aromatic nitrogens is 4. The first-order chi connectivity index (χ1) is 14.2. The molecule has 0 saturated heterocycles. The van der Waals surface area contributed by atoms with E-state index in [0.29, 0.717) is 15.5 Å². The summed E-state index contributed by atoms with van der Waals surface area (Å²) in [7, 11) is 0. The van der Waals surface area contributed by atoms with Crippen LogP contribution in [0.25, 0.3) is 37.4 Å². The van der Waals surface area contributed by atoms with Crippen molar-refractivity contribution in [3.63, 3.8) is 0 Å². The molecule has 0 amide bonds. The highest BCUT2D eigenvalue weighted by Crippen LogP contribution is 2.27. The fourth-order valence-corrected chi connectivity index (χ4v) is 4.05. The maximum atomic E-state index is 13.1. The average molecular weight is 402 g/mol. The number of rotatable bonds is 2. The molecule has 0 saturated carbocycles. The minimum absolute atomic E-state index is 0.242. The number of thiazole rings is 1. The van der Waals surface area contributed by atoms with Crippen molar-refractivity contribution in [3.05, 3.63) is 87.8 Å². The summed E-state index contributed by atoms with van der Waals surface area (Å²) in [6.45, 7) is 4.00. The van der Waals surface area contributed by atoms with Gasteiger partial charge in [0.1, 0.15) is 9.84 Å². The lowest BCUT2D eigenvalue weighted by atomic mass is 10.1. The van der Waals surface area contributed by atoms with Gasteiger partial charge in [0.15, 0.2) is 5.52 Å². The van der Waals surface area contributed by atoms with Gasteiger partial charge in [0.25, 0.3) is 5.56 Å². The molecule has 0 aliphatic carbocycles. The Kier molecular flexibility index (Phi) is 5.05. The smallest absolute Gasteiger partial charge is 0.296 e. The second-order valence-electron chi connectivity index (χ2n) is 6.01. The summed E-state index contributed by atoms with van der Waals surface area (Å²) >= 11 is 1.29. The van der Waals surface area contributed by atoms with Gasteiger partial charge < -0.3 is 0 Å². The van der Waals surface area contributed by atoms with E-state index in [1.54, 1.807) is 6.20 Å². The van der Waals surface area contributed by atoms with E-state index in [1.807, 2.05) is 68.4 Å². The van der Waals surface area contributed by atoms with Crippen LogP contribution in [0.5, 0.6) is 0 Å². The van der Waals surface area contributed by atoms with Gasteiger partial charge in [0.05, 0.1) is 11.9 Å². The van der Waals surface area contributed by atoms with Crippen LogP contribution >= 0.6 is 11.3 Å². The van der Waals surface area contributed by atoms with Crippen molar-refractivity contribution in [2.75, 3.05) is 0 Å². The van der Waals surface area contributed by atoms with Crippen LogP contribution in [-0.2, 0) is 0 Å². The van der Waals surface area contributed by atoms with Crippen molar-refractivity contribution in [1.29, 1.82) is 0 Å². The lowest BCUT2D eigenvalue weighted by molar-refractivity contribution is 0.901. The number of nitrogens with one attached hydrogen (secondary N) is 1. The van der Waals surface area contributed by atoms with Crippen LogP contribution in [0.3, 0.4) is 0 Å². The van der Waals surface area contributed by atoms with Crippen LogP contribution < -0.4 is 11.2 Å². The number of fused-ring (bicyclic) bond motifs is 2. The van der Waals surface area contributed by atoms with E-state index in [0.717, 1.165) is 20.9 Å². The zero-order valence-electron chi connectivity index (χ0n) is 15.9. The van der Waals surface area contributed by atoms with Crippen molar-refractivity contribution in [2.24, 2.45) is 0 Å². The Morgan fingerprint density at radius 2 is 1.66 bits per heavy atom. The van der Waals surface area contributed by atoms with E-state index in [-0.39, 0.29) is 5.52 Å². The fraction of sp³-hybridized carbons (Fsp3) is 0.0909. The molecule has 29 heavy (non-hydrogen) atoms. The molecule has 0 aliphatic heterocycles. The molecule has 144 valence electrons. The predicted molar refractivity (Wildman–Crippen MR) is 118 cm³/mol. The van der Waals surface area contributed by atoms with Crippen LogP contribution in [0, 0.1) is 0 Å². The van der Waals surface area contributed by atoms with Gasteiger partial charge >= 0.3 is 5.69 Å². The molecule has 5 rings (SSSR count). The summed E-state index contributed by atoms with van der Waals surface area (Å²) in [4.78, 5) is 37.7. The number of nitrogens with zero attached hydrogens (tertiary/aromatic N) is 3. The topological polar surface area (TPSA) is 80.6 Å². The van der Waals surface area contributed by atoms with Crippen molar-refractivity contribution in [1.82, 2.24) is 19.5 Å². The number of hydrogen-bond donors (Lipinski definition) is 1. The minimum atomic E-state index is -0.506. The quantitative estimate of drug-likeness (QED) is 0.475. The Balaban J connectivity index is 0.000000994. The number of aromatic amines is 1. The van der Waals surface area contributed by atoms with E-state index in [2.05, 4.69) is 15.0 Å². The molecule has 0 spiro atoms. The molecular formula is C22H18N4O2S. The molecule has 3 aromatic heterocycles. The average Bonchev–Trinajstić information content (AvgIpc) is 3.20. The molecule has 7 heteroatoms. The normalized spacial score (nSPS) is 10.7. The van der Waals surface area contributed by atoms with Crippen molar-refractivity contribution in [2.45, 2.75) is 13.8 Å². The zero-order valence-corrected chi connectivity index (χ0v) is 16.7. The standard InChI is InChI=1S/C20H12N4O2S.C2H6/c25-19-16-18(27-17(22-16)12-6-2-1-3-7-12)23-20(26)24(19)15-11-21-10-13-8-4-5-9-14(13)15;1-2/h1-11H,(H,23,26);1-2H3. The van der Waals surface area contributed by atoms with E-state index < -0.39 is 11.2 Å². The molecule has 3 heterocycles. The van der Waals surface area contributed by atoms with Gasteiger partial charge in [-0.15, -0.1) is 0 Å². The SMILES string of the molecule is CC.O=c1[nH]c2sc(-c3ccccc3)nc2c(=O)n1-c1cncc2ccccc12. The van der Waals surface area contributed by atoms with Gasteiger partial charge in [-0.25, -0.2) is 14.3 Å². The van der Waals surface area contributed by atoms with E-state index in [1.165, 1.54) is 17.5 Å². The number of pyridine rings is 1. The Hall–Kier alpha value is -3.58. The van der Waals surface area contributed by atoms with Crippen LogP contribution in [0.1, 0.15) is 13.8 Å². The molecule has 0 radical (unpaired) electrons. The van der Waals surface area contributed by atoms with Gasteiger partial charge in [-0.1, -0.05) is 79.8 Å².